The number of halogens is 4. The van der Waals surface area contributed by atoms with E-state index in [1.807, 2.05) is 0 Å². The van der Waals surface area contributed by atoms with Gasteiger partial charge in [-0.25, -0.2) is 18.4 Å². The fourth-order valence-electron chi connectivity index (χ4n) is 2.38. The lowest BCUT2D eigenvalue weighted by Crippen LogP contribution is -2.32. The van der Waals surface area contributed by atoms with Gasteiger partial charge in [-0.1, -0.05) is 11.6 Å². The largest absolute Gasteiger partial charge is 0.351 e. The van der Waals surface area contributed by atoms with E-state index in [-0.39, 0.29) is 30.0 Å². The molecule has 0 radical (unpaired) electrons. The van der Waals surface area contributed by atoms with Gasteiger partial charge in [0.25, 0.3) is 0 Å². The van der Waals surface area contributed by atoms with Gasteiger partial charge in [0.05, 0.1) is 0 Å². The molecule has 0 spiro atoms. The van der Waals surface area contributed by atoms with Gasteiger partial charge in [0, 0.05) is 37.2 Å². The van der Waals surface area contributed by atoms with Crippen molar-refractivity contribution in [2.75, 3.05) is 5.32 Å². The average Bonchev–Trinajstić information content (AvgIpc) is 2.87. The maximum absolute atomic E-state index is 13.1. The Bertz CT molecular complexity index is 665. The van der Waals surface area contributed by atoms with Crippen LogP contribution in [0, 0.1) is 5.95 Å². The van der Waals surface area contributed by atoms with Crippen molar-refractivity contribution in [3.63, 3.8) is 0 Å². The Labute approximate surface area is 129 Å². The van der Waals surface area contributed by atoms with Crippen molar-refractivity contribution in [3.05, 3.63) is 29.4 Å². The SMILES string of the molecule is Fc1ccn(-c2cc(Cl)nc(NC3CCC(F)(F)CC3)n2)n1. The van der Waals surface area contributed by atoms with Gasteiger partial charge in [-0.3, -0.25) is 0 Å². The smallest absolute Gasteiger partial charge is 0.248 e. The Balaban J connectivity index is 1.76. The Morgan fingerprint density at radius 1 is 1.27 bits per heavy atom. The highest BCUT2D eigenvalue weighted by Crippen LogP contribution is 2.34. The van der Waals surface area contributed by atoms with Crippen molar-refractivity contribution in [2.45, 2.75) is 37.6 Å². The molecule has 3 rings (SSSR count). The van der Waals surface area contributed by atoms with E-state index in [1.54, 1.807) is 0 Å². The Kier molecular flexibility index (Phi) is 3.94. The first-order chi connectivity index (χ1) is 10.4. The first-order valence-electron chi connectivity index (χ1n) is 6.82. The van der Waals surface area contributed by atoms with Crippen LogP contribution < -0.4 is 5.32 Å². The highest BCUT2D eigenvalue weighted by molar-refractivity contribution is 6.29. The van der Waals surface area contributed by atoms with Crippen molar-refractivity contribution >= 4 is 17.5 Å². The van der Waals surface area contributed by atoms with E-state index in [2.05, 4.69) is 20.4 Å². The van der Waals surface area contributed by atoms with Crippen molar-refractivity contribution in [1.82, 2.24) is 19.7 Å². The molecule has 1 N–H and O–H groups in total. The van der Waals surface area contributed by atoms with E-state index >= 15 is 0 Å². The van der Waals surface area contributed by atoms with Crippen molar-refractivity contribution in [1.29, 1.82) is 0 Å². The molecule has 0 unspecified atom stereocenters. The van der Waals surface area contributed by atoms with E-state index in [4.69, 9.17) is 11.6 Å². The minimum atomic E-state index is -2.59. The van der Waals surface area contributed by atoms with Crippen LogP contribution in [0.25, 0.3) is 5.82 Å². The van der Waals surface area contributed by atoms with Crippen LogP contribution in [-0.2, 0) is 0 Å². The van der Waals surface area contributed by atoms with Crippen molar-refractivity contribution < 1.29 is 13.2 Å². The molecule has 2 heterocycles. The zero-order valence-corrected chi connectivity index (χ0v) is 12.2. The molecular formula is C13H13ClF3N5. The van der Waals surface area contributed by atoms with Gasteiger partial charge in [0.2, 0.25) is 17.8 Å². The third-order valence-electron chi connectivity index (χ3n) is 3.52. The minimum absolute atomic E-state index is 0.139. The number of rotatable bonds is 3. The quantitative estimate of drug-likeness (QED) is 0.875. The van der Waals surface area contributed by atoms with E-state index in [0.29, 0.717) is 18.7 Å². The number of nitrogens with one attached hydrogen (secondary N) is 1. The summed E-state index contributed by atoms with van der Waals surface area (Å²) in [5.74, 6) is -2.72. The van der Waals surface area contributed by atoms with Crippen LogP contribution in [0.4, 0.5) is 19.1 Å². The highest BCUT2D eigenvalue weighted by atomic mass is 35.5. The molecule has 0 aromatic carbocycles. The average molecular weight is 332 g/mol. The molecule has 0 amide bonds. The lowest BCUT2D eigenvalue weighted by molar-refractivity contribution is -0.0361. The third kappa shape index (κ3) is 3.49. The molecule has 0 atom stereocenters. The summed E-state index contributed by atoms with van der Waals surface area (Å²) in [6.07, 6.45) is 1.73. The van der Waals surface area contributed by atoms with Gasteiger partial charge in [0.1, 0.15) is 5.15 Å². The molecule has 1 saturated carbocycles. The van der Waals surface area contributed by atoms with Crippen LogP contribution in [-0.4, -0.2) is 31.7 Å². The monoisotopic (exact) mass is 331 g/mol. The van der Waals surface area contributed by atoms with Gasteiger partial charge in [0.15, 0.2) is 5.82 Å². The Morgan fingerprint density at radius 3 is 2.64 bits per heavy atom. The van der Waals surface area contributed by atoms with Crippen molar-refractivity contribution in [2.24, 2.45) is 0 Å². The molecule has 0 aliphatic heterocycles. The maximum atomic E-state index is 13.1. The molecule has 0 saturated heterocycles. The lowest BCUT2D eigenvalue weighted by atomic mass is 9.92. The van der Waals surface area contributed by atoms with Crippen LogP contribution >= 0.6 is 11.6 Å². The summed E-state index contributed by atoms with van der Waals surface area (Å²) in [7, 11) is 0. The van der Waals surface area contributed by atoms with Crippen LogP contribution in [0.1, 0.15) is 25.7 Å². The molecule has 5 nitrogen and oxygen atoms in total. The third-order valence-corrected chi connectivity index (χ3v) is 3.72. The van der Waals surface area contributed by atoms with Gasteiger partial charge in [-0.2, -0.15) is 9.37 Å². The van der Waals surface area contributed by atoms with Crippen LogP contribution in [0.2, 0.25) is 5.15 Å². The molecule has 9 heteroatoms. The summed E-state index contributed by atoms with van der Waals surface area (Å²) >= 11 is 5.92. The second-order valence-electron chi connectivity index (χ2n) is 5.23. The topological polar surface area (TPSA) is 55.6 Å². The molecule has 2 aromatic heterocycles. The zero-order valence-electron chi connectivity index (χ0n) is 11.4. The Morgan fingerprint density at radius 2 is 2.00 bits per heavy atom. The normalized spacial score (nSPS) is 18.4. The van der Waals surface area contributed by atoms with Gasteiger partial charge in [-0.05, 0) is 12.8 Å². The summed E-state index contributed by atoms with van der Waals surface area (Å²) < 4.78 is 40.5. The summed E-state index contributed by atoms with van der Waals surface area (Å²) in [6, 6.07) is 2.49. The van der Waals surface area contributed by atoms with Crippen LogP contribution in [0.5, 0.6) is 0 Å². The van der Waals surface area contributed by atoms with Gasteiger partial charge in [-0.15, -0.1) is 5.10 Å². The number of hydrogen-bond acceptors (Lipinski definition) is 4. The molecular weight excluding hydrogens is 319 g/mol. The van der Waals surface area contributed by atoms with Crippen LogP contribution in [0.3, 0.4) is 0 Å². The summed E-state index contributed by atoms with van der Waals surface area (Å²) in [5, 5.41) is 6.76. The van der Waals surface area contributed by atoms with Gasteiger partial charge >= 0.3 is 0 Å². The minimum Gasteiger partial charge on any atom is -0.351 e. The number of nitrogens with zero attached hydrogens (tertiary/aromatic N) is 4. The number of alkyl halides is 2. The van der Waals surface area contributed by atoms with E-state index in [0.717, 1.165) is 0 Å². The number of hydrogen-bond donors (Lipinski definition) is 1. The second kappa shape index (κ2) is 5.75. The molecule has 118 valence electrons. The molecule has 1 aliphatic rings. The molecule has 1 fully saturated rings. The fourth-order valence-corrected chi connectivity index (χ4v) is 2.56. The summed E-state index contributed by atoms with van der Waals surface area (Å²) in [4.78, 5) is 8.20. The standard InChI is InChI=1S/C13H13ClF3N5/c14-9-7-11(22-6-3-10(15)21-22)20-12(19-9)18-8-1-4-13(16,17)5-2-8/h3,6-8H,1-2,4-5H2,(H,18,19,20). The molecule has 2 aromatic rings. The van der Waals surface area contributed by atoms with Crippen molar-refractivity contribution in [3.8, 4) is 5.82 Å². The lowest BCUT2D eigenvalue weighted by Gasteiger charge is -2.28. The fraction of sp³-hybridized carbons (Fsp3) is 0.462. The van der Waals surface area contributed by atoms with E-state index in [1.165, 1.54) is 23.0 Å². The first kappa shape index (κ1) is 15.1. The predicted molar refractivity (Wildman–Crippen MR) is 74.9 cm³/mol. The Hall–Kier alpha value is -1.83. The molecule has 22 heavy (non-hydrogen) atoms. The summed E-state index contributed by atoms with van der Waals surface area (Å²) in [5.41, 5.74) is 0. The van der Waals surface area contributed by atoms with Gasteiger partial charge < -0.3 is 5.32 Å². The first-order valence-corrected chi connectivity index (χ1v) is 7.20. The van der Waals surface area contributed by atoms with E-state index < -0.39 is 11.9 Å². The highest BCUT2D eigenvalue weighted by Gasteiger charge is 2.35. The predicted octanol–water partition coefficient (Wildman–Crippen LogP) is 3.44. The number of aromatic nitrogens is 4. The maximum Gasteiger partial charge on any atom is 0.248 e. The van der Waals surface area contributed by atoms with E-state index in [9.17, 15) is 13.2 Å². The molecule has 1 aliphatic carbocycles. The molecule has 0 bridgehead atoms. The zero-order chi connectivity index (χ0) is 15.7. The summed E-state index contributed by atoms with van der Waals surface area (Å²) in [6.45, 7) is 0. The van der Waals surface area contributed by atoms with Crippen LogP contribution in [0.15, 0.2) is 18.3 Å². The number of anilines is 1. The second-order valence-corrected chi connectivity index (χ2v) is 5.62.